The molecule has 0 fully saturated rings. The van der Waals surface area contributed by atoms with Gasteiger partial charge < -0.3 is 0 Å². The highest BCUT2D eigenvalue weighted by Crippen LogP contribution is 2.39. The summed E-state index contributed by atoms with van der Waals surface area (Å²) in [6, 6.07) is 67.4. The van der Waals surface area contributed by atoms with Crippen molar-refractivity contribution in [1.82, 2.24) is 15.0 Å². The molecule has 260 valence electrons. The molecule has 11 aromatic rings. The van der Waals surface area contributed by atoms with E-state index in [0.29, 0.717) is 5.82 Å². The van der Waals surface area contributed by atoms with Crippen molar-refractivity contribution in [1.29, 1.82) is 0 Å². The van der Waals surface area contributed by atoms with E-state index in [-0.39, 0.29) is 0 Å². The summed E-state index contributed by atoms with van der Waals surface area (Å²) < 4.78 is 0. The van der Waals surface area contributed by atoms with Crippen LogP contribution in [0.15, 0.2) is 200 Å². The smallest absolute Gasteiger partial charge is 0.160 e. The molecule has 0 spiro atoms. The van der Waals surface area contributed by atoms with Gasteiger partial charge in [-0.3, -0.25) is 4.98 Å². The predicted molar refractivity (Wildman–Crippen MR) is 235 cm³/mol. The third-order valence-electron chi connectivity index (χ3n) is 11.1. The summed E-state index contributed by atoms with van der Waals surface area (Å²) in [6.45, 7) is 0. The van der Waals surface area contributed by atoms with Gasteiger partial charge in [0.15, 0.2) is 5.82 Å². The summed E-state index contributed by atoms with van der Waals surface area (Å²) in [7, 11) is 0. The molecular formula is C53H33N3. The molecule has 0 atom stereocenters. The van der Waals surface area contributed by atoms with E-state index in [1.165, 1.54) is 65.3 Å². The summed E-state index contributed by atoms with van der Waals surface area (Å²) in [5.74, 6) is 0.677. The summed E-state index contributed by atoms with van der Waals surface area (Å²) in [4.78, 5) is 14.8. The highest BCUT2D eigenvalue weighted by molar-refractivity contribution is 6.14. The van der Waals surface area contributed by atoms with Gasteiger partial charge in [-0.25, -0.2) is 9.97 Å². The van der Waals surface area contributed by atoms with Gasteiger partial charge in [0.25, 0.3) is 0 Å². The molecule has 2 aromatic heterocycles. The van der Waals surface area contributed by atoms with Gasteiger partial charge in [0.2, 0.25) is 0 Å². The van der Waals surface area contributed by atoms with Crippen molar-refractivity contribution < 1.29 is 0 Å². The lowest BCUT2D eigenvalue weighted by Gasteiger charge is -2.14. The largest absolute Gasteiger partial charge is 0.264 e. The molecule has 11 rings (SSSR count). The minimum atomic E-state index is 0.677. The van der Waals surface area contributed by atoms with Crippen molar-refractivity contribution in [2.24, 2.45) is 0 Å². The second-order valence-corrected chi connectivity index (χ2v) is 14.4. The molecule has 0 saturated heterocycles. The molecule has 0 unspecified atom stereocenters. The van der Waals surface area contributed by atoms with Gasteiger partial charge in [0.05, 0.1) is 11.4 Å². The number of pyridine rings is 1. The zero-order valence-electron chi connectivity index (χ0n) is 30.4. The minimum absolute atomic E-state index is 0.677. The van der Waals surface area contributed by atoms with Crippen LogP contribution in [-0.4, -0.2) is 15.0 Å². The molecule has 0 amide bonds. The van der Waals surface area contributed by atoms with Crippen LogP contribution < -0.4 is 0 Å². The molecule has 3 heteroatoms. The molecular weight excluding hydrogens is 679 g/mol. The molecule has 9 aromatic carbocycles. The van der Waals surface area contributed by atoms with Crippen molar-refractivity contribution in [2.45, 2.75) is 0 Å². The monoisotopic (exact) mass is 711 g/mol. The van der Waals surface area contributed by atoms with Gasteiger partial charge in [0, 0.05) is 34.5 Å². The maximum Gasteiger partial charge on any atom is 0.160 e. The van der Waals surface area contributed by atoms with E-state index in [4.69, 9.17) is 9.97 Å². The van der Waals surface area contributed by atoms with E-state index in [2.05, 4.69) is 187 Å². The predicted octanol–water partition coefficient (Wildman–Crippen LogP) is 14.0. The molecule has 0 aliphatic rings. The number of rotatable bonds is 5. The normalized spacial score (nSPS) is 11.6. The number of hydrogen-bond acceptors (Lipinski definition) is 3. The molecule has 0 N–H and O–H groups in total. The van der Waals surface area contributed by atoms with Crippen LogP contribution in [0.3, 0.4) is 0 Å². The Hall–Kier alpha value is -7.49. The summed E-state index contributed by atoms with van der Waals surface area (Å²) in [6.07, 6.45) is 3.72. The highest BCUT2D eigenvalue weighted by atomic mass is 14.9. The van der Waals surface area contributed by atoms with Crippen LogP contribution >= 0.6 is 0 Å². The first-order valence-electron chi connectivity index (χ1n) is 19.0. The summed E-state index contributed by atoms with van der Waals surface area (Å²) >= 11 is 0. The van der Waals surface area contributed by atoms with E-state index in [9.17, 15) is 0 Å². The molecule has 0 aliphatic heterocycles. The van der Waals surface area contributed by atoms with E-state index >= 15 is 0 Å². The number of nitrogens with zero attached hydrogens (tertiary/aromatic N) is 3. The maximum absolute atomic E-state index is 5.21. The average molecular weight is 712 g/mol. The minimum Gasteiger partial charge on any atom is -0.264 e. The molecule has 56 heavy (non-hydrogen) atoms. The van der Waals surface area contributed by atoms with Gasteiger partial charge >= 0.3 is 0 Å². The van der Waals surface area contributed by atoms with Crippen LogP contribution in [0.4, 0.5) is 0 Å². The van der Waals surface area contributed by atoms with Crippen LogP contribution in [0.5, 0.6) is 0 Å². The fourth-order valence-electron chi connectivity index (χ4n) is 8.36. The number of aromatic nitrogens is 3. The van der Waals surface area contributed by atoms with Crippen molar-refractivity contribution in [2.75, 3.05) is 0 Å². The summed E-state index contributed by atoms with van der Waals surface area (Å²) in [5, 5.41) is 12.1. The Morgan fingerprint density at radius 3 is 1.16 bits per heavy atom. The van der Waals surface area contributed by atoms with Gasteiger partial charge in [0.1, 0.15) is 0 Å². The lowest BCUT2D eigenvalue weighted by molar-refractivity contribution is 1.18. The third kappa shape index (κ3) is 5.49. The van der Waals surface area contributed by atoms with Crippen LogP contribution in [0.1, 0.15) is 0 Å². The first-order chi connectivity index (χ1) is 27.7. The fourth-order valence-corrected chi connectivity index (χ4v) is 8.36. The van der Waals surface area contributed by atoms with E-state index < -0.39 is 0 Å². The number of benzene rings is 9. The quantitative estimate of drug-likeness (QED) is 0.167. The average Bonchev–Trinajstić information content (AvgIpc) is 3.27. The number of fused-ring (bicyclic) bond motifs is 5. The maximum atomic E-state index is 5.21. The second-order valence-electron chi connectivity index (χ2n) is 14.4. The molecule has 0 radical (unpaired) electrons. The van der Waals surface area contributed by atoms with E-state index in [1.54, 1.807) is 0 Å². The molecule has 3 nitrogen and oxygen atoms in total. The van der Waals surface area contributed by atoms with Gasteiger partial charge in [-0.1, -0.05) is 158 Å². The Kier molecular flexibility index (Phi) is 7.49. The van der Waals surface area contributed by atoms with Crippen LogP contribution in [0.25, 0.3) is 110 Å². The van der Waals surface area contributed by atoms with Gasteiger partial charge in [-0.15, -0.1) is 0 Å². The Morgan fingerprint density at radius 1 is 0.286 bits per heavy atom. The van der Waals surface area contributed by atoms with E-state index in [1.807, 2.05) is 18.5 Å². The van der Waals surface area contributed by atoms with Crippen molar-refractivity contribution in [3.05, 3.63) is 200 Å². The zero-order chi connectivity index (χ0) is 37.0. The topological polar surface area (TPSA) is 38.7 Å². The Balaban J connectivity index is 1.05. The van der Waals surface area contributed by atoms with Crippen molar-refractivity contribution in [3.8, 4) is 56.2 Å². The SMILES string of the molecule is c1ccc2c(-c3ccc(-c4cc(-c5ccc(-c6c7ccccc7cc7ccccc67)cc5)nc(-c5ccc6ccncc6c5)n4)cc3)c3ccccc3cc2c1. The van der Waals surface area contributed by atoms with Crippen molar-refractivity contribution >= 4 is 53.9 Å². The standard InChI is InChI=1S/C53H33N3/c1-5-13-45-39(9-1)29-40-10-2-6-14-46(40)51(45)37-22-18-35(19-23-37)49-32-50(56-53(55-49)43-26-17-34-27-28-54-33-44(34)31-43)36-20-24-38(25-21-36)52-47-15-7-3-11-41(47)30-42-12-4-8-16-48(42)52/h1-33H. The second kappa shape index (κ2) is 13.1. The van der Waals surface area contributed by atoms with Crippen LogP contribution in [0, 0.1) is 0 Å². The molecule has 0 aliphatic carbocycles. The number of hydrogen-bond donors (Lipinski definition) is 0. The van der Waals surface area contributed by atoms with Crippen LogP contribution in [0.2, 0.25) is 0 Å². The highest BCUT2D eigenvalue weighted by Gasteiger charge is 2.15. The first kappa shape index (κ1) is 32.0. The lowest BCUT2D eigenvalue weighted by atomic mass is 9.91. The Labute approximate surface area is 324 Å². The van der Waals surface area contributed by atoms with E-state index in [0.717, 1.165) is 38.9 Å². The fraction of sp³-hybridized carbons (Fsp3) is 0. The molecule has 0 bridgehead atoms. The lowest BCUT2D eigenvalue weighted by Crippen LogP contribution is -1.96. The summed E-state index contributed by atoms with van der Waals surface area (Å²) in [5.41, 5.74) is 9.60. The van der Waals surface area contributed by atoms with Gasteiger partial charge in [-0.2, -0.15) is 0 Å². The first-order valence-corrected chi connectivity index (χ1v) is 19.0. The van der Waals surface area contributed by atoms with Crippen LogP contribution in [-0.2, 0) is 0 Å². The van der Waals surface area contributed by atoms with Crippen molar-refractivity contribution in [3.63, 3.8) is 0 Å². The Morgan fingerprint density at radius 2 is 0.696 bits per heavy atom. The Bertz CT molecular complexity index is 3000. The zero-order valence-corrected chi connectivity index (χ0v) is 30.4. The third-order valence-corrected chi connectivity index (χ3v) is 11.1. The molecule has 0 saturated carbocycles. The molecule has 2 heterocycles. The van der Waals surface area contributed by atoms with Gasteiger partial charge in [-0.05, 0) is 101 Å².